The zero-order valence-electron chi connectivity index (χ0n) is 10.2. The molecule has 0 heterocycles. The average molecular weight is 209 g/mol. The number of halogens is 1. The van der Waals surface area contributed by atoms with Crippen molar-refractivity contribution in [2.24, 2.45) is 0 Å². The fourth-order valence-corrected chi connectivity index (χ4v) is 1.41. The zero-order chi connectivity index (χ0) is 12.0. The average Bonchev–Trinajstić information content (AvgIpc) is 2.19. The molecule has 15 heavy (non-hydrogen) atoms. The standard InChI is InChI=1S/C11H14FN.C2H6/c1-7(2)10-6-9(12)5-8(3)11(10)13-4;1-2/h5-6,13H,1H2,2-4H3;1-2H3. The largest absolute Gasteiger partial charge is 0.387 e. The van der Waals surface area contributed by atoms with Crippen LogP contribution in [0.1, 0.15) is 31.9 Å². The molecule has 0 atom stereocenters. The second kappa shape index (κ2) is 6.23. The topological polar surface area (TPSA) is 12.0 Å². The maximum Gasteiger partial charge on any atom is 0.124 e. The van der Waals surface area contributed by atoms with Gasteiger partial charge in [0.2, 0.25) is 0 Å². The molecule has 0 aliphatic rings. The molecule has 0 spiro atoms. The lowest BCUT2D eigenvalue weighted by Crippen LogP contribution is -1.97. The van der Waals surface area contributed by atoms with E-state index in [0.29, 0.717) is 0 Å². The predicted molar refractivity (Wildman–Crippen MR) is 66.7 cm³/mol. The number of aryl methyl sites for hydroxylation is 1. The monoisotopic (exact) mass is 209 g/mol. The van der Waals surface area contributed by atoms with Gasteiger partial charge in [-0.2, -0.15) is 0 Å². The molecule has 84 valence electrons. The fourth-order valence-electron chi connectivity index (χ4n) is 1.41. The molecule has 0 fully saturated rings. The number of anilines is 1. The van der Waals surface area contributed by atoms with E-state index in [0.717, 1.165) is 22.4 Å². The van der Waals surface area contributed by atoms with E-state index in [4.69, 9.17) is 0 Å². The first kappa shape index (κ1) is 13.7. The lowest BCUT2D eigenvalue weighted by Gasteiger charge is -2.12. The number of allylic oxidation sites excluding steroid dienone is 1. The Balaban J connectivity index is 0.000000921. The summed E-state index contributed by atoms with van der Waals surface area (Å²) in [5.74, 6) is -0.213. The summed E-state index contributed by atoms with van der Waals surface area (Å²) < 4.78 is 13.0. The van der Waals surface area contributed by atoms with Gasteiger partial charge in [-0.25, -0.2) is 4.39 Å². The Morgan fingerprint density at radius 3 is 2.27 bits per heavy atom. The van der Waals surface area contributed by atoms with Crippen LogP contribution in [-0.4, -0.2) is 7.05 Å². The van der Waals surface area contributed by atoms with Crippen molar-refractivity contribution >= 4 is 11.3 Å². The minimum atomic E-state index is -0.213. The molecule has 1 nitrogen and oxygen atoms in total. The second-order valence-electron chi connectivity index (χ2n) is 3.18. The van der Waals surface area contributed by atoms with Gasteiger partial charge >= 0.3 is 0 Å². The number of benzene rings is 1. The van der Waals surface area contributed by atoms with Gasteiger partial charge in [-0.15, -0.1) is 0 Å². The summed E-state index contributed by atoms with van der Waals surface area (Å²) in [7, 11) is 1.83. The van der Waals surface area contributed by atoms with Crippen molar-refractivity contribution in [1.82, 2.24) is 0 Å². The highest BCUT2D eigenvalue weighted by atomic mass is 19.1. The predicted octanol–water partition coefficient (Wildman–Crippen LogP) is 4.24. The molecule has 0 bridgehead atoms. The lowest BCUT2D eigenvalue weighted by molar-refractivity contribution is 0.626. The van der Waals surface area contributed by atoms with E-state index in [1.165, 1.54) is 12.1 Å². The molecule has 0 aliphatic heterocycles. The van der Waals surface area contributed by atoms with E-state index in [1.807, 2.05) is 34.7 Å². The number of rotatable bonds is 2. The van der Waals surface area contributed by atoms with Crippen molar-refractivity contribution < 1.29 is 4.39 Å². The van der Waals surface area contributed by atoms with Gasteiger partial charge in [0.25, 0.3) is 0 Å². The molecule has 0 aromatic heterocycles. The Labute approximate surface area is 92.0 Å². The molecular formula is C13H20FN. The summed E-state index contributed by atoms with van der Waals surface area (Å²) in [6.07, 6.45) is 0. The molecule has 0 radical (unpaired) electrons. The molecule has 0 unspecified atom stereocenters. The Hall–Kier alpha value is -1.31. The molecule has 1 rings (SSSR count). The van der Waals surface area contributed by atoms with Crippen LogP contribution in [0.15, 0.2) is 18.7 Å². The van der Waals surface area contributed by atoms with Gasteiger partial charge in [0.05, 0.1) is 0 Å². The summed E-state index contributed by atoms with van der Waals surface area (Å²) in [5.41, 5.74) is 3.57. The number of hydrogen-bond acceptors (Lipinski definition) is 1. The number of hydrogen-bond donors (Lipinski definition) is 1. The lowest BCUT2D eigenvalue weighted by atomic mass is 10.0. The van der Waals surface area contributed by atoms with E-state index in [-0.39, 0.29) is 5.82 Å². The Morgan fingerprint density at radius 1 is 1.33 bits per heavy atom. The third-order valence-electron chi connectivity index (χ3n) is 2.01. The summed E-state index contributed by atoms with van der Waals surface area (Å²) in [5, 5.41) is 3.04. The van der Waals surface area contributed by atoms with E-state index in [2.05, 4.69) is 11.9 Å². The molecule has 1 N–H and O–H groups in total. The fraction of sp³-hybridized carbons (Fsp3) is 0.385. The minimum Gasteiger partial charge on any atom is -0.387 e. The molecule has 0 aliphatic carbocycles. The van der Waals surface area contributed by atoms with Gasteiger partial charge < -0.3 is 5.32 Å². The van der Waals surface area contributed by atoms with Gasteiger partial charge in [0, 0.05) is 18.3 Å². The Morgan fingerprint density at radius 2 is 1.87 bits per heavy atom. The maximum absolute atomic E-state index is 13.0. The Kier molecular flexibility index (Phi) is 5.68. The van der Waals surface area contributed by atoms with E-state index in [1.54, 1.807) is 0 Å². The van der Waals surface area contributed by atoms with Crippen LogP contribution >= 0.6 is 0 Å². The van der Waals surface area contributed by atoms with Crippen molar-refractivity contribution in [3.63, 3.8) is 0 Å². The van der Waals surface area contributed by atoms with Crippen molar-refractivity contribution in [3.05, 3.63) is 35.7 Å². The third kappa shape index (κ3) is 3.39. The van der Waals surface area contributed by atoms with Crippen LogP contribution < -0.4 is 5.32 Å². The van der Waals surface area contributed by atoms with E-state index >= 15 is 0 Å². The normalized spacial score (nSPS) is 8.93. The van der Waals surface area contributed by atoms with Crippen LogP contribution in [0, 0.1) is 12.7 Å². The third-order valence-corrected chi connectivity index (χ3v) is 2.01. The maximum atomic E-state index is 13.0. The molecule has 1 aromatic carbocycles. The van der Waals surface area contributed by atoms with Gasteiger partial charge in [0.15, 0.2) is 0 Å². The summed E-state index contributed by atoms with van der Waals surface area (Å²) in [6, 6.07) is 3.01. The van der Waals surface area contributed by atoms with Gasteiger partial charge in [0.1, 0.15) is 5.82 Å². The molecular weight excluding hydrogens is 189 g/mol. The quantitative estimate of drug-likeness (QED) is 0.768. The smallest absolute Gasteiger partial charge is 0.124 e. The first-order chi connectivity index (χ1) is 7.06. The van der Waals surface area contributed by atoms with Gasteiger partial charge in [-0.3, -0.25) is 0 Å². The van der Waals surface area contributed by atoms with Crippen LogP contribution in [0.3, 0.4) is 0 Å². The molecule has 1 aromatic rings. The SMILES string of the molecule is C=C(C)c1cc(F)cc(C)c1NC.CC. The molecule has 2 heteroatoms. The zero-order valence-corrected chi connectivity index (χ0v) is 10.2. The summed E-state index contributed by atoms with van der Waals surface area (Å²) in [4.78, 5) is 0. The second-order valence-corrected chi connectivity index (χ2v) is 3.18. The molecule has 0 amide bonds. The van der Waals surface area contributed by atoms with Crippen LogP contribution in [0.2, 0.25) is 0 Å². The van der Waals surface area contributed by atoms with Crippen LogP contribution in [-0.2, 0) is 0 Å². The van der Waals surface area contributed by atoms with E-state index in [9.17, 15) is 4.39 Å². The number of nitrogens with one attached hydrogen (secondary N) is 1. The van der Waals surface area contributed by atoms with Crippen LogP contribution in [0.5, 0.6) is 0 Å². The molecule has 0 saturated carbocycles. The van der Waals surface area contributed by atoms with Crippen molar-refractivity contribution in [2.75, 3.05) is 12.4 Å². The van der Waals surface area contributed by atoms with Gasteiger partial charge in [-0.05, 0) is 37.1 Å². The summed E-state index contributed by atoms with van der Waals surface area (Å²) in [6.45, 7) is 11.6. The summed E-state index contributed by atoms with van der Waals surface area (Å²) >= 11 is 0. The van der Waals surface area contributed by atoms with Crippen molar-refractivity contribution in [3.8, 4) is 0 Å². The Bertz CT molecular complexity index is 343. The molecule has 0 saturated heterocycles. The first-order valence-electron chi connectivity index (χ1n) is 5.20. The van der Waals surface area contributed by atoms with Crippen molar-refractivity contribution in [2.45, 2.75) is 27.7 Å². The minimum absolute atomic E-state index is 0.213. The van der Waals surface area contributed by atoms with Crippen LogP contribution in [0.25, 0.3) is 5.57 Å². The highest BCUT2D eigenvalue weighted by Crippen LogP contribution is 2.26. The van der Waals surface area contributed by atoms with Crippen molar-refractivity contribution in [1.29, 1.82) is 0 Å². The highest BCUT2D eigenvalue weighted by molar-refractivity contribution is 5.76. The first-order valence-corrected chi connectivity index (χ1v) is 5.20. The highest BCUT2D eigenvalue weighted by Gasteiger charge is 2.06. The van der Waals surface area contributed by atoms with Crippen LogP contribution in [0.4, 0.5) is 10.1 Å². The van der Waals surface area contributed by atoms with Gasteiger partial charge in [-0.1, -0.05) is 20.4 Å². The van der Waals surface area contributed by atoms with E-state index < -0.39 is 0 Å².